The minimum Gasteiger partial charge on any atom is -0.357 e. The molecule has 214 valence electrons. The third kappa shape index (κ3) is 5.92. The predicted octanol–water partition coefficient (Wildman–Crippen LogP) is 6.01. The molecule has 3 aliphatic rings. The van der Waals surface area contributed by atoms with E-state index in [1.807, 2.05) is 43.0 Å². The first-order chi connectivity index (χ1) is 18.6. The zero-order chi connectivity index (χ0) is 29.0. The van der Waals surface area contributed by atoms with Crippen LogP contribution in [0.3, 0.4) is 0 Å². The monoisotopic (exact) mass is 550 g/mol. The second-order valence-electron chi connectivity index (χ2n) is 13.8. The van der Waals surface area contributed by atoms with Crippen LogP contribution in [0.25, 0.3) is 0 Å². The summed E-state index contributed by atoms with van der Waals surface area (Å²) in [6, 6.07) is 10.0. The minimum absolute atomic E-state index is 0.0453. The van der Waals surface area contributed by atoms with Crippen molar-refractivity contribution in [3.63, 3.8) is 0 Å². The standard InChI is InChI=1S/C32H40F2N4O2/c1-30(2)16-24-28(26(39)17-30)29(19-11-20(33)13-21(34)12-19)38(25-10-8-7-9-23(25)36-24)18-27(40)35-22-14-31(3,4)37-32(5,6)15-22/h7-13,22,29,36-37H,14-18H2,1-6H3,(H,35,40). The molecule has 2 aliphatic heterocycles. The third-order valence-electron chi connectivity index (χ3n) is 8.07. The number of fused-ring (bicyclic) bond motifs is 1. The minimum atomic E-state index is -0.841. The lowest BCUT2D eigenvalue weighted by Crippen LogP contribution is -2.62. The van der Waals surface area contributed by atoms with Crippen molar-refractivity contribution in [3.05, 3.63) is 70.9 Å². The molecule has 5 rings (SSSR count). The molecule has 6 nitrogen and oxygen atoms in total. The van der Waals surface area contributed by atoms with Crippen LogP contribution in [0.15, 0.2) is 53.7 Å². The van der Waals surface area contributed by atoms with Crippen molar-refractivity contribution in [1.82, 2.24) is 10.6 Å². The van der Waals surface area contributed by atoms with E-state index in [2.05, 4.69) is 43.6 Å². The molecule has 0 spiro atoms. The highest BCUT2D eigenvalue weighted by Gasteiger charge is 2.43. The van der Waals surface area contributed by atoms with Gasteiger partial charge in [-0.2, -0.15) is 0 Å². The number of carbonyl (C=O) groups is 2. The Morgan fingerprint density at radius 2 is 1.60 bits per heavy atom. The molecular weight excluding hydrogens is 510 g/mol. The highest BCUT2D eigenvalue weighted by Crippen LogP contribution is 2.48. The lowest BCUT2D eigenvalue weighted by atomic mass is 9.73. The summed E-state index contributed by atoms with van der Waals surface area (Å²) >= 11 is 0. The van der Waals surface area contributed by atoms with Gasteiger partial charge in [-0.3, -0.25) is 9.59 Å². The molecule has 1 unspecified atom stereocenters. The van der Waals surface area contributed by atoms with Gasteiger partial charge in [-0.15, -0.1) is 0 Å². The number of rotatable bonds is 4. The van der Waals surface area contributed by atoms with Crippen molar-refractivity contribution >= 4 is 23.1 Å². The Bertz CT molecular complexity index is 1340. The number of Topliss-reactive ketones (excluding diaryl/α,β-unsaturated/α-hetero) is 1. The number of hydrogen-bond donors (Lipinski definition) is 3. The molecule has 1 aliphatic carbocycles. The molecule has 3 N–H and O–H groups in total. The van der Waals surface area contributed by atoms with Crippen LogP contribution >= 0.6 is 0 Å². The Labute approximate surface area is 235 Å². The number of amides is 1. The fourth-order valence-electron chi connectivity index (χ4n) is 7.16. The van der Waals surface area contributed by atoms with Crippen molar-refractivity contribution in [2.24, 2.45) is 5.41 Å². The Hall–Kier alpha value is -3.26. The van der Waals surface area contributed by atoms with Gasteiger partial charge < -0.3 is 20.9 Å². The summed E-state index contributed by atoms with van der Waals surface area (Å²) in [6.45, 7) is 12.5. The number of halogens is 2. The van der Waals surface area contributed by atoms with Crippen LogP contribution in [0.5, 0.6) is 0 Å². The molecule has 0 aromatic heterocycles. The summed E-state index contributed by atoms with van der Waals surface area (Å²) in [5.41, 5.74) is 2.34. The van der Waals surface area contributed by atoms with E-state index in [9.17, 15) is 18.4 Å². The lowest BCUT2D eigenvalue weighted by molar-refractivity contribution is -0.121. The van der Waals surface area contributed by atoms with E-state index in [1.165, 1.54) is 12.1 Å². The van der Waals surface area contributed by atoms with E-state index in [-0.39, 0.29) is 40.8 Å². The largest absolute Gasteiger partial charge is 0.357 e. The van der Waals surface area contributed by atoms with Gasteiger partial charge in [0.15, 0.2) is 5.78 Å². The number of nitrogens with zero attached hydrogens (tertiary/aromatic N) is 1. The van der Waals surface area contributed by atoms with Crippen molar-refractivity contribution < 1.29 is 18.4 Å². The molecule has 2 aromatic carbocycles. The number of piperidine rings is 1. The van der Waals surface area contributed by atoms with Crippen molar-refractivity contribution in [1.29, 1.82) is 0 Å². The number of benzene rings is 2. The topological polar surface area (TPSA) is 73.5 Å². The number of carbonyl (C=O) groups excluding carboxylic acids is 2. The van der Waals surface area contributed by atoms with E-state index < -0.39 is 17.7 Å². The highest BCUT2D eigenvalue weighted by molar-refractivity contribution is 6.01. The Morgan fingerprint density at radius 1 is 0.975 bits per heavy atom. The van der Waals surface area contributed by atoms with Crippen LogP contribution in [-0.2, 0) is 9.59 Å². The van der Waals surface area contributed by atoms with Crippen LogP contribution in [0.2, 0.25) is 0 Å². The molecule has 8 heteroatoms. The lowest BCUT2D eigenvalue weighted by Gasteiger charge is -2.46. The maximum atomic E-state index is 14.6. The first-order valence-electron chi connectivity index (χ1n) is 14.1. The summed E-state index contributed by atoms with van der Waals surface area (Å²) in [4.78, 5) is 29.3. The maximum absolute atomic E-state index is 14.6. The molecule has 1 atom stereocenters. The fourth-order valence-corrected chi connectivity index (χ4v) is 7.16. The van der Waals surface area contributed by atoms with Crippen LogP contribution in [-0.4, -0.2) is 35.4 Å². The number of anilines is 2. The van der Waals surface area contributed by atoms with Gasteiger partial charge in [-0.25, -0.2) is 8.78 Å². The number of nitrogens with one attached hydrogen (secondary N) is 3. The molecule has 0 radical (unpaired) electrons. The van der Waals surface area contributed by atoms with Crippen molar-refractivity contribution in [3.8, 4) is 0 Å². The normalized spacial score (nSPS) is 23.6. The molecule has 0 bridgehead atoms. The van der Waals surface area contributed by atoms with Crippen molar-refractivity contribution in [2.45, 2.75) is 90.4 Å². The number of hydrogen-bond acceptors (Lipinski definition) is 5. The van der Waals surface area contributed by atoms with E-state index in [1.54, 1.807) is 0 Å². The summed E-state index contributed by atoms with van der Waals surface area (Å²) in [7, 11) is 0. The number of para-hydroxylation sites is 2. The first kappa shape index (κ1) is 28.3. The third-order valence-corrected chi connectivity index (χ3v) is 8.07. The Morgan fingerprint density at radius 3 is 2.25 bits per heavy atom. The molecule has 1 amide bonds. The summed E-state index contributed by atoms with van der Waals surface area (Å²) < 4.78 is 29.2. The zero-order valence-corrected chi connectivity index (χ0v) is 24.3. The molecule has 2 aromatic rings. The van der Waals surface area contributed by atoms with Gasteiger partial charge in [0.25, 0.3) is 0 Å². The van der Waals surface area contributed by atoms with Gasteiger partial charge >= 0.3 is 0 Å². The predicted molar refractivity (Wildman–Crippen MR) is 154 cm³/mol. The fraction of sp³-hybridized carbons (Fsp3) is 0.500. The van der Waals surface area contributed by atoms with Gasteiger partial charge in [0.2, 0.25) is 5.91 Å². The second-order valence-corrected chi connectivity index (χ2v) is 13.8. The quantitative estimate of drug-likeness (QED) is 0.435. The molecule has 1 saturated heterocycles. The number of ketones is 1. The SMILES string of the molecule is CC1(C)CC(=O)C2=C(C1)Nc1ccccc1N(CC(=O)NC1CC(C)(C)NC(C)(C)C1)C2c1cc(F)cc(F)c1. The molecule has 1 fully saturated rings. The Balaban J connectivity index is 1.59. The zero-order valence-electron chi connectivity index (χ0n) is 24.3. The molecule has 2 heterocycles. The maximum Gasteiger partial charge on any atom is 0.239 e. The smallest absolute Gasteiger partial charge is 0.239 e. The van der Waals surface area contributed by atoms with Crippen LogP contribution in [0, 0.1) is 17.0 Å². The van der Waals surface area contributed by atoms with Crippen LogP contribution in [0.1, 0.15) is 78.8 Å². The van der Waals surface area contributed by atoms with E-state index >= 15 is 0 Å². The average Bonchev–Trinajstić information content (AvgIpc) is 2.90. The van der Waals surface area contributed by atoms with Crippen molar-refractivity contribution in [2.75, 3.05) is 16.8 Å². The van der Waals surface area contributed by atoms with E-state index in [4.69, 9.17) is 0 Å². The van der Waals surface area contributed by atoms with Crippen LogP contribution < -0.4 is 20.9 Å². The second kappa shape index (κ2) is 9.98. The van der Waals surface area contributed by atoms with Gasteiger partial charge in [0.05, 0.1) is 24.0 Å². The molecule has 0 saturated carbocycles. The highest BCUT2D eigenvalue weighted by atomic mass is 19.1. The Kier molecular flexibility index (Phi) is 7.06. The number of allylic oxidation sites excluding steroid dienone is 1. The van der Waals surface area contributed by atoms with Gasteiger partial charge in [0, 0.05) is 40.9 Å². The van der Waals surface area contributed by atoms with Gasteiger partial charge in [0.1, 0.15) is 11.6 Å². The summed E-state index contributed by atoms with van der Waals surface area (Å²) in [5.74, 6) is -1.75. The van der Waals surface area contributed by atoms with E-state index in [0.717, 1.165) is 30.3 Å². The molecule has 40 heavy (non-hydrogen) atoms. The molecular formula is C32H40F2N4O2. The van der Waals surface area contributed by atoms with Gasteiger partial charge in [-0.05, 0) is 82.2 Å². The summed E-state index contributed by atoms with van der Waals surface area (Å²) in [6.07, 6.45) is 2.43. The average molecular weight is 551 g/mol. The van der Waals surface area contributed by atoms with E-state index in [0.29, 0.717) is 29.7 Å². The summed E-state index contributed by atoms with van der Waals surface area (Å²) in [5, 5.41) is 10.3. The first-order valence-corrected chi connectivity index (χ1v) is 14.1. The van der Waals surface area contributed by atoms with Gasteiger partial charge in [-0.1, -0.05) is 26.0 Å². The van der Waals surface area contributed by atoms with Crippen LogP contribution in [0.4, 0.5) is 20.2 Å².